The summed E-state index contributed by atoms with van der Waals surface area (Å²) in [6, 6.07) is 4.91. The Morgan fingerprint density at radius 3 is 2.80 bits per heavy atom. The van der Waals surface area contributed by atoms with E-state index in [0.29, 0.717) is 13.1 Å². The molecule has 0 saturated carbocycles. The highest BCUT2D eigenvalue weighted by Gasteiger charge is 2.11. The maximum atomic E-state index is 12.3. The van der Waals surface area contributed by atoms with E-state index in [0.717, 1.165) is 11.4 Å². The van der Waals surface area contributed by atoms with Crippen LogP contribution in [0.5, 0.6) is 11.5 Å². The number of hydrogen-bond donors (Lipinski definition) is 2. The predicted octanol–water partition coefficient (Wildman–Crippen LogP) is 2.31. The third-order valence-corrected chi connectivity index (χ3v) is 2.62. The van der Waals surface area contributed by atoms with Crippen molar-refractivity contribution in [2.24, 2.45) is 0 Å². The molecular weight excluding hydrogens is 268 g/mol. The van der Waals surface area contributed by atoms with Gasteiger partial charge >= 0.3 is 6.61 Å². The molecule has 0 amide bonds. The van der Waals surface area contributed by atoms with Crippen LogP contribution in [0.2, 0.25) is 0 Å². The van der Waals surface area contributed by atoms with Crippen molar-refractivity contribution in [2.45, 2.75) is 19.7 Å². The van der Waals surface area contributed by atoms with E-state index in [1.54, 1.807) is 24.5 Å². The molecule has 0 spiro atoms. The Bertz CT molecular complexity index is 532. The molecule has 7 heteroatoms. The van der Waals surface area contributed by atoms with Crippen molar-refractivity contribution in [2.75, 3.05) is 7.11 Å². The molecule has 0 aliphatic heterocycles. The Kier molecular flexibility index (Phi) is 4.89. The lowest BCUT2D eigenvalue weighted by Gasteiger charge is -2.11. The normalized spacial score (nSPS) is 10.8. The van der Waals surface area contributed by atoms with Gasteiger partial charge in [0.2, 0.25) is 0 Å². The molecule has 0 atom stereocenters. The summed E-state index contributed by atoms with van der Waals surface area (Å²) in [7, 11) is 1.41. The van der Waals surface area contributed by atoms with Crippen molar-refractivity contribution in [1.82, 2.24) is 15.3 Å². The first-order valence-electron chi connectivity index (χ1n) is 5.99. The molecule has 0 aliphatic rings. The van der Waals surface area contributed by atoms with Crippen LogP contribution in [-0.2, 0) is 13.1 Å². The zero-order chi connectivity index (χ0) is 14.4. The lowest BCUT2D eigenvalue weighted by Crippen LogP contribution is -2.14. The number of nitrogens with zero attached hydrogens (tertiary/aromatic N) is 1. The van der Waals surface area contributed by atoms with Gasteiger partial charge in [-0.25, -0.2) is 4.98 Å². The second kappa shape index (κ2) is 6.85. The van der Waals surface area contributed by atoms with Crippen molar-refractivity contribution >= 4 is 0 Å². The molecule has 1 aromatic heterocycles. The summed E-state index contributed by atoms with van der Waals surface area (Å²) in [5.41, 5.74) is 0.813. The quantitative estimate of drug-likeness (QED) is 0.818. The molecule has 0 fully saturated rings. The van der Waals surface area contributed by atoms with Crippen molar-refractivity contribution in [1.29, 1.82) is 0 Å². The highest BCUT2D eigenvalue weighted by Crippen LogP contribution is 2.29. The van der Waals surface area contributed by atoms with Crippen LogP contribution in [0.15, 0.2) is 30.6 Å². The predicted molar refractivity (Wildman–Crippen MR) is 68.8 cm³/mol. The minimum atomic E-state index is -2.88. The number of halogens is 2. The number of hydrogen-bond acceptors (Lipinski definition) is 4. The standard InChI is InChI=1S/C13H15F2N3O2/c1-19-10-3-2-9(6-11(10)20-13(14)15)7-16-8-12-17-4-5-18-12/h2-6,13,16H,7-8H2,1H3,(H,17,18). The number of alkyl halides is 2. The third kappa shape index (κ3) is 3.92. The monoisotopic (exact) mass is 283 g/mol. The van der Waals surface area contributed by atoms with Crippen molar-refractivity contribution < 1.29 is 18.3 Å². The smallest absolute Gasteiger partial charge is 0.387 e. The zero-order valence-corrected chi connectivity index (χ0v) is 10.9. The summed E-state index contributed by atoms with van der Waals surface area (Å²) in [5.74, 6) is 1.11. The summed E-state index contributed by atoms with van der Waals surface area (Å²) in [4.78, 5) is 7.03. The van der Waals surface area contributed by atoms with Gasteiger partial charge in [0.05, 0.1) is 13.7 Å². The summed E-state index contributed by atoms with van der Waals surface area (Å²) < 4.78 is 34.0. The van der Waals surface area contributed by atoms with Gasteiger partial charge in [-0.3, -0.25) is 0 Å². The fraction of sp³-hybridized carbons (Fsp3) is 0.308. The number of methoxy groups -OCH3 is 1. The fourth-order valence-electron chi connectivity index (χ4n) is 1.74. The average molecular weight is 283 g/mol. The van der Waals surface area contributed by atoms with E-state index in [4.69, 9.17) is 4.74 Å². The van der Waals surface area contributed by atoms with Crippen LogP contribution in [0.3, 0.4) is 0 Å². The van der Waals surface area contributed by atoms with E-state index in [9.17, 15) is 8.78 Å². The van der Waals surface area contributed by atoms with Gasteiger partial charge in [0, 0.05) is 18.9 Å². The van der Waals surface area contributed by atoms with E-state index in [1.807, 2.05) is 0 Å². The molecule has 1 aromatic carbocycles. The molecule has 0 saturated heterocycles. The van der Waals surface area contributed by atoms with Crippen LogP contribution < -0.4 is 14.8 Å². The van der Waals surface area contributed by atoms with Gasteiger partial charge < -0.3 is 19.8 Å². The number of imidazole rings is 1. The summed E-state index contributed by atoms with van der Waals surface area (Å²) in [6.45, 7) is -1.82. The first-order valence-corrected chi connectivity index (χ1v) is 5.99. The molecule has 0 aliphatic carbocycles. The largest absolute Gasteiger partial charge is 0.493 e. The fourth-order valence-corrected chi connectivity index (χ4v) is 1.74. The van der Waals surface area contributed by atoms with Crippen LogP contribution in [-0.4, -0.2) is 23.7 Å². The van der Waals surface area contributed by atoms with Crippen LogP contribution in [0.4, 0.5) is 8.78 Å². The third-order valence-electron chi connectivity index (χ3n) is 2.62. The van der Waals surface area contributed by atoms with E-state index in [-0.39, 0.29) is 11.5 Å². The van der Waals surface area contributed by atoms with Gasteiger partial charge in [-0.05, 0) is 17.7 Å². The Morgan fingerprint density at radius 2 is 2.15 bits per heavy atom. The van der Waals surface area contributed by atoms with Crippen LogP contribution in [0, 0.1) is 0 Å². The van der Waals surface area contributed by atoms with Crippen LogP contribution in [0.1, 0.15) is 11.4 Å². The number of nitrogens with one attached hydrogen (secondary N) is 2. The van der Waals surface area contributed by atoms with Crippen molar-refractivity contribution in [3.05, 3.63) is 42.0 Å². The van der Waals surface area contributed by atoms with E-state index in [2.05, 4.69) is 20.0 Å². The molecule has 2 N–H and O–H groups in total. The molecule has 0 radical (unpaired) electrons. The Hall–Kier alpha value is -2.15. The molecule has 2 aromatic rings. The summed E-state index contributed by atoms with van der Waals surface area (Å²) >= 11 is 0. The van der Waals surface area contributed by atoms with E-state index >= 15 is 0 Å². The molecule has 108 valence electrons. The number of ether oxygens (including phenoxy) is 2. The van der Waals surface area contributed by atoms with Gasteiger partial charge in [-0.15, -0.1) is 0 Å². The lowest BCUT2D eigenvalue weighted by molar-refractivity contribution is -0.0512. The minimum Gasteiger partial charge on any atom is -0.493 e. The molecule has 2 rings (SSSR count). The molecule has 1 heterocycles. The zero-order valence-electron chi connectivity index (χ0n) is 10.9. The average Bonchev–Trinajstić information content (AvgIpc) is 2.91. The number of rotatable bonds is 7. The van der Waals surface area contributed by atoms with Gasteiger partial charge in [0.25, 0.3) is 0 Å². The van der Waals surface area contributed by atoms with E-state index in [1.165, 1.54) is 13.2 Å². The first kappa shape index (κ1) is 14.3. The number of H-pyrrole nitrogens is 1. The van der Waals surface area contributed by atoms with Gasteiger partial charge in [0.15, 0.2) is 11.5 Å². The lowest BCUT2D eigenvalue weighted by atomic mass is 10.2. The van der Waals surface area contributed by atoms with E-state index < -0.39 is 6.61 Å². The second-order valence-corrected chi connectivity index (χ2v) is 4.00. The van der Waals surface area contributed by atoms with Gasteiger partial charge in [0.1, 0.15) is 5.82 Å². The number of benzene rings is 1. The maximum Gasteiger partial charge on any atom is 0.387 e. The van der Waals surface area contributed by atoms with Crippen molar-refractivity contribution in [3.63, 3.8) is 0 Å². The molecule has 20 heavy (non-hydrogen) atoms. The molecule has 5 nitrogen and oxygen atoms in total. The van der Waals surface area contributed by atoms with Crippen LogP contribution in [0.25, 0.3) is 0 Å². The van der Waals surface area contributed by atoms with Gasteiger partial charge in [-0.1, -0.05) is 6.07 Å². The highest BCUT2D eigenvalue weighted by molar-refractivity contribution is 5.42. The van der Waals surface area contributed by atoms with Crippen molar-refractivity contribution in [3.8, 4) is 11.5 Å². The minimum absolute atomic E-state index is 0.0276. The maximum absolute atomic E-state index is 12.3. The topological polar surface area (TPSA) is 59.2 Å². The second-order valence-electron chi connectivity index (χ2n) is 4.00. The van der Waals surface area contributed by atoms with Crippen LogP contribution >= 0.6 is 0 Å². The highest BCUT2D eigenvalue weighted by atomic mass is 19.3. The molecule has 0 bridgehead atoms. The first-order chi connectivity index (χ1) is 9.69. The summed E-state index contributed by atoms with van der Waals surface area (Å²) in [6.07, 6.45) is 3.40. The Labute approximate surface area is 114 Å². The number of aromatic amines is 1. The molecule has 0 unspecified atom stereocenters. The SMILES string of the molecule is COc1ccc(CNCc2ncc[nH]2)cc1OC(F)F. The summed E-state index contributed by atoms with van der Waals surface area (Å²) in [5, 5.41) is 3.14. The van der Waals surface area contributed by atoms with Gasteiger partial charge in [-0.2, -0.15) is 8.78 Å². The Morgan fingerprint density at radius 1 is 1.30 bits per heavy atom. The molecular formula is C13H15F2N3O2. The number of aromatic nitrogens is 2. The Balaban J connectivity index is 1.97.